The van der Waals surface area contributed by atoms with Crippen molar-refractivity contribution in [2.45, 2.75) is 38.1 Å². The molecule has 1 N–H and O–H groups in total. The van der Waals surface area contributed by atoms with Crippen molar-refractivity contribution in [3.63, 3.8) is 0 Å². The fourth-order valence-electron chi connectivity index (χ4n) is 2.64. The average Bonchev–Trinajstić information content (AvgIpc) is 2.89. The summed E-state index contributed by atoms with van der Waals surface area (Å²) in [5.74, 6) is -1.81. The number of hydrogen-bond donors (Lipinski definition) is 1. The van der Waals surface area contributed by atoms with Crippen molar-refractivity contribution in [1.82, 2.24) is 9.31 Å². The van der Waals surface area contributed by atoms with Crippen LogP contribution in [0.25, 0.3) is 0 Å². The summed E-state index contributed by atoms with van der Waals surface area (Å²) in [5.41, 5.74) is -3.32. The molecule has 7 nitrogen and oxygen atoms in total. The number of halogens is 3. The number of amides is 1. The third-order valence-electron chi connectivity index (χ3n) is 4.15. The zero-order valence-electron chi connectivity index (χ0n) is 12.5. The zero-order chi connectivity index (χ0) is 17.5. The second-order valence-electron chi connectivity index (χ2n) is 5.54. The third kappa shape index (κ3) is 3.22. The lowest BCUT2D eigenvalue weighted by Gasteiger charge is -2.36. The molecule has 1 atom stereocenters. The van der Waals surface area contributed by atoms with Gasteiger partial charge in [0.05, 0.1) is 5.75 Å². The van der Waals surface area contributed by atoms with Gasteiger partial charge in [-0.15, -0.1) is 0 Å². The molecule has 1 amide bonds. The number of carbonyl (C=O) groups is 1. The van der Waals surface area contributed by atoms with Crippen LogP contribution in [0.4, 0.5) is 13.2 Å². The summed E-state index contributed by atoms with van der Waals surface area (Å²) >= 11 is 0. The molecule has 2 heterocycles. The Morgan fingerprint density at radius 2 is 1.96 bits per heavy atom. The van der Waals surface area contributed by atoms with E-state index in [1.165, 1.54) is 11.2 Å². The highest BCUT2D eigenvalue weighted by molar-refractivity contribution is 7.89. The van der Waals surface area contributed by atoms with E-state index in [1.54, 1.807) is 0 Å². The maximum atomic E-state index is 13.0. The molecule has 0 aromatic heterocycles. The molecule has 1 fully saturated rings. The highest BCUT2D eigenvalue weighted by Crippen LogP contribution is 2.40. The van der Waals surface area contributed by atoms with Crippen LogP contribution in [0.3, 0.4) is 0 Å². The molecule has 1 saturated heterocycles. The molecule has 0 aromatic carbocycles. The van der Waals surface area contributed by atoms with Crippen LogP contribution in [-0.4, -0.2) is 65.7 Å². The minimum absolute atomic E-state index is 0.0641. The number of sulfonamides is 1. The third-order valence-corrected chi connectivity index (χ3v) is 6.03. The molecule has 2 rings (SSSR count). The first-order chi connectivity index (χ1) is 10.5. The summed E-state index contributed by atoms with van der Waals surface area (Å²) in [6.45, 7) is 1.62. The van der Waals surface area contributed by atoms with Crippen molar-refractivity contribution in [3.05, 3.63) is 0 Å². The minimum Gasteiger partial charge on any atom is -0.362 e. The van der Waals surface area contributed by atoms with Crippen molar-refractivity contribution in [2.24, 2.45) is 11.0 Å². The Kier molecular flexibility index (Phi) is 4.75. The standard InChI is InChI=1S/C12H18F3N3O4S/c1-2-23(21,22)17-7-3-9(4-8-17)10(19)18-11(20,5-6-16-18)12(13,14)15/h6,9,20H,2-5,7-8H2,1H3/t11-/m0/s1. The number of carbonyl (C=O) groups excluding carboxylic acids is 1. The largest absolute Gasteiger partial charge is 0.438 e. The number of hydrogen-bond acceptors (Lipinski definition) is 5. The van der Waals surface area contributed by atoms with E-state index in [-0.39, 0.29) is 36.7 Å². The Morgan fingerprint density at radius 3 is 2.43 bits per heavy atom. The molecule has 0 spiro atoms. The van der Waals surface area contributed by atoms with Crippen LogP contribution in [0.2, 0.25) is 0 Å². The summed E-state index contributed by atoms with van der Waals surface area (Å²) in [6, 6.07) is 0. The summed E-state index contributed by atoms with van der Waals surface area (Å²) in [4.78, 5) is 12.3. The van der Waals surface area contributed by atoms with Gasteiger partial charge in [-0.3, -0.25) is 4.79 Å². The Morgan fingerprint density at radius 1 is 1.39 bits per heavy atom. The normalized spacial score (nSPS) is 27.6. The van der Waals surface area contributed by atoms with Gasteiger partial charge < -0.3 is 5.11 Å². The van der Waals surface area contributed by atoms with Gasteiger partial charge in [-0.05, 0) is 19.8 Å². The maximum absolute atomic E-state index is 13.0. The first kappa shape index (κ1) is 18.1. The predicted octanol–water partition coefficient (Wildman–Crippen LogP) is 0.517. The Bertz CT molecular complexity index is 599. The van der Waals surface area contributed by atoms with Gasteiger partial charge in [-0.1, -0.05) is 0 Å². The zero-order valence-corrected chi connectivity index (χ0v) is 13.3. The van der Waals surface area contributed by atoms with E-state index >= 15 is 0 Å². The summed E-state index contributed by atoms with van der Waals surface area (Å²) in [6.07, 6.45) is -4.80. The fourth-order valence-corrected chi connectivity index (χ4v) is 3.78. The van der Waals surface area contributed by atoms with Gasteiger partial charge in [0.15, 0.2) is 0 Å². The monoisotopic (exact) mass is 357 g/mol. The van der Waals surface area contributed by atoms with Gasteiger partial charge in [0, 0.05) is 31.6 Å². The van der Waals surface area contributed by atoms with Gasteiger partial charge in [0.2, 0.25) is 15.9 Å². The number of piperidine rings is 1. The van der Waals surface area contributed by atoms with Gasteiger partial charge >= 0.3 is 6.18 Å². The summed E-state index contributed by atoms with van der Waals surface area (Å²) in [7, 11) is -3.39. The molecule has 2 aliphatic heterocycles. The SMILES string of the molecule is CCS(=O)(=O)N1CCC(C(=O)N2N=CC[C@]2(O)C(F)(F)F)CC1. The number of alkyl halides is 3. The molecule has 23 heavy (non-hydrogen) atoms. The van der Waals surface area contributed by atoms with Crippen molar-refractivity contribution >= 4 is 22.1 Å². The van der Waals surface area contributed by atoms with Crippen LogP contribution in [0, 0.1) is 5.92 Å². The van der Waals surface area contributed by atoms with Crippen LogP contribution < -0.4 is 0 Å². The van der Waals surface area contributed by atoms with Crippen LogP contribution in [0.5, 0.6) is 0 Å². The summed E-state index contributed by atoms with van der Waals surface area (Å²) < 4.78 is 63.6. The lowest BCUT2D eigenvalue weighted by Crippen LogP contribution is -2.58. The molecule has 0 saturated carbocycles. The molecule has 0 aliphatic carbocycles. The van der Waals surface area contributed by atoms with Gasteiger partial charge in [-0.25, -0.2) is 12.7 Å². The van der Waals surface area contributed by atoms with Crippen molar-refractivity contribution in [1.29, 1.82) is 0 Å². The molecular weight excluding hydrogens is 339 g/mol. The number of rotatable bonds is 3. The van der Waals surface area contributed by atoms with Crippen LogP contribution >= 0.6 is 0 Å². The van der Waals surface area contributed by atoms with E-state index in [4.69, 9.17) is 0 Å². The maximum Gasteiger partial charge on any atom is 0.438 e. The number of hydrazone groups is 1. The predicted molar refractivity (Wildman–Crippen MR) is 74.7 cm³/mol. The van der Waals surface area contributed by atoms with E-state index in [2.05, 4.69) is 5.10 Å². The molecule has 0 unspecified atom stereocenters. The Labute approximate surface area is 131 Å². The molecule has 11 heteroatoms. The van der Waals surface area contributed by atoms with E-state index in [1.807, 2.05) is 0 Å². The molecule has 0 aromatic rings. The smallest absolute Gasteiger partial charge is 0.362 e. The molecule has 0 radical (unpaired) electrons. The summed E-state index contributed by atoms with van der Waals surface area (Å²) in [5, 5.41) is 13.2. The lowest BCUT2D eigenvalue weighted by atomic mass is 9.96. The number of nitrogens with zero attached hydrogens (tertiary/aromatic N) is 3. The van der Waals surface area contributed by atoms with E-state index in [0.29, 0.717) is 0 Å². The van der Waals surface area contributed by atoms with Crippen LogP contribution in [0.15, 0.2) is 5.10 Å². The quantitative estimate of drug-likeness (QED) is 0.797. The van der Waals surface area contributed by atoms with Gasteiger partial charge in [-0.2, -0.15) is 23.3 Å². The Balaban J connectivity index is 2.07. The molecule has 132 valence electrons. The highest BCUT2D eigenvalue weighted by Gasteiger charge is 2.62. The van der Waals surface area contributed by atoms with Crippen molar-refractivity contribution < 1.29 is 31.5 Å². The van der Waals surface area contributed by atoms with E-state index in [9.17, 15) is 31.5 Å². The van der Waals surface area contributed by atoms with Crippen molar-refractivity contribution in [3.8, 4) is 0 Å². The minimum atomic E-state index is -5.02. The van der Waals surface area contributed by atoms with Gasteiger partial charge in [0.1, 0.15) is 0 Å². The first-order valence-electron chi connectivity index (χ1n) is 7.16. The van der Waals surface area contributed by atoms with E-state index in [0.717, 1.165) is 6.21 Å². The fraction of sp³-hybridized carbons (Fsp3) is 0.833. The lowest BCUT2D eigenvalue weighted by molar-refractivity contribution is -0.303. The molecular formula is C12H18F3N3O4S. The Hall–Kier alpha value is -1.20. The molecule has 0 bridgehead atoms. The number of aliphatic hydroxyl groups is 1. The second-order valence-corrected chi connectivity index (χ2v) is 7.80. The topological polar surface area (TPSA) is 90.3 Å². The average molecular weight is 357 g/mol. The van der Waals surface area contributed by atoms with E-state index < -0.39 is 40.2 Å². The van der Waals surface area contributed by atoms with Crippen molar-refractivity contribution in [2.75, 3.05) is 18.8 Å². The first-order valence-corrected chi connectivity index (χ1v) is 8.77. The van der Waals surface area contributed by atoms with Crippen LogP contribution in [0.1, 0.15) is 26.2 Å². The van der Waals surface area contributed by atoms with Crippen LogP contribution in [-0.2, 0) is 14.8 Å². The second kappa shape index (κ2) is 6.02. The highest BCUT2D eigenvalue weighted by atomic mass is 32.2. The van der Waals surface area contributed by atoms with Gasteiger partial charge in [0.25, 0.3) is 5.72 Å². The molecule has 2 aliphatic rings.